The largest absolute Gasteiger partial charge is 0.378 e. The molecule has 1 spiro atoms. The lowest BCUT2D eigenvalue weighted by atomic mass is 9.78. The van der Waals surface area contributed by atoms with E-state index in [0.717, 1.165) is 71.7 Å². The van der Waals surface area contributed by atoms with E-state index < -0.39 is 0 Å². The van der Waals surface area contributed by atoms with Crippen molar-refractivity contribution in [1.29, 1.82) is 0 Å². The number of likely N-dealkylation sites (tertiary alicyclic amines) is 2. The number of carbonyl (C=O) groups is 1. The second-order valence-corrected chi connectivity index (χ2v) is 8.71. The van der Waals surface area contributed by atoms with E-state index in [1.807, 2.05) is 0 Å². The highest BCUT2D eigenvalue weighted by atomic mass is 16.5. The second kappa shape index (κ2) is 7.80. The molecule has 0 aromatic heterocycles. The fourth-order valence-corrected chi connectivity index (χ4v) is 5.00. The van der Waals surface area contributed by atoms with Crippen LogP contribution in [0.4, 0.5) is 5.69 Å². The summed E-state index contributed by atoms with van der Waals surface area (Å²) in [6.07, 6.45) is 3.21. The highest BCUT2D eigenvalue weighted by Crippen LogP contribution is 2.41. The zero-order valence-corrected chi connectivity index (χ0v) is 16.8. The molecular formula is C22H33N3O2. The number of carbonyl (C=O) groups excluding carboxylic acids is 1. The summed E-state index contributed by atoms with van der Waals surface area (Å²) in [5.74, 6) is 0.397. The van der Waals surface area contributed by atoms with Gasteiger partial charge >= 0.3 is 0 Å². The van der Waals surface area contributed by atoms with Gasteiger partial charge in [0.1, 0.15) is 0 Å². The van der Waals surface area contributed by atoms with Crippen molar-refractivity contribution in [3.05, 3.63) is 29.8 Å². The Labute approximate surface area is 163 Å². The van der Waals surface area contributed by atoms with Gasteiger partial charge in [-0.05, 0) is 57.4 Å². The maximum absolute atomic E-state index is 13.1. The fourth-order valence-electron chi connectivity index (χ4n) is 5.00. The first kappa shape index (κ1) is 18.8. The average molecular weight is 372 g/mol. The Balaban J connectivity index is 1.42. The van der Waals surface area contributed by atoms with E-state index >= 15 is 0 Å². The van der Waals surface area contributed by atoms with Crippen LogP contribution in [0.1, 0.15) is 38.7 Å². The third-order valence-corrected chi connectivity index (χ3v) is 6.52. The normalized spacial score (nSPS) is 27.1. The smallest absolute Gasteiger partial charge is 0.230 e. The molecule has 0 N–H and O–H groups in total. The van der Waals surface area contributed by atoms with Crippen molar-refractivity contribution >= 4 is 11.6 Å². The maximum atomic E-state index is 13.1. The summed E-state index contributed by atoms with van der Waals surface area (Å²) in [4.78, 5) is 20.1. The first-order valence-corrected chi connectivity index (χ1v) is 10.5. The Morgan fingerprint density at radius 3 is 2.70 bits per heavy atom. The fraction of sp³-hybridized carbons (Fsp3) is 0.682. The van der Waals surface area contributed by atoms with E-state index in [2.05, 4.69) is 52.8 Å². The molecule has 0 saturated carbocycles. The minimum atomic E-state index is -0.135. The van der Waals surface area contributed by atoms with Crippen molar-refractivity contribution < 1.29 is 9.53 Å². The van der Waals surface area contributed by atoms with Crippen LogP contribution in [0.3, 0.4) is 0 Å². The molecule has 3 saturated heterocycles. The third kappa shape index (κ3) is 3.85. The van der Waals surface area contributed by atoms with E-state index in [1.165, 1.54) is 11.3 Å². The molecule has 0 radical (unpaired) electrons. The molecule has 5 heteroatoms. The minimum Gasteiger partial charge on any atom is -0.378 e. The Morgan fingerprint density at radius 2 is 1.93 bits per heavy atom. The number of rotatable bonds is 4. The number of hydrogen-bond acceptors (Lipinski definition) is 4. The van der Waals surface area contributed by atoms with E-state index in [-0.39, 0.29) is 5.41 Å². The van der Waals surface area contributed by atoms with Gasteiger partial charge in [0.2, 0.25) is 5.91 Å². The van der Waals surface area contributed by atoms with Crippen molar-refractivity contribution in [3.63, 3.8) is 0 Å². The van der Waals surface area contributed by atoms with Gasteiger partial charge in [-0.3, -0.25) is 9.69 Å². The lowest BCUT2D eigenvalue weighted by Gasteiger charge is -2.41. The van der Waals surface area contributed by atoms with Crippen molar-refractivity contribution in [1.82, 2.24) is 9.80 Å². The Morgan fingerprint density at radius 1 is 1.11 bits per heavy atom. The number of benzene rings is 1. The zero-order chi connectivity index (χ0) is 18.9. The summed E-state index contributed by atoms with van der Waals surface area (Å²) in [6, 6.07) is 9.22. The number of nitrogens with zero attached hydrogens (tertiary/aromatic N) is 3. The lowest BCUT2D eigenvalue weighted by Crippen LogP contribution is -2.52. The van der Waals surface area contributed by atoms with Crippen LogP contribution < -0.4 is 4.90 Å². The van der Waals surface area contributed by atoms with Gasteiger partial charge in [-0.15, -0.1) is 0 Å². The molecule has 1 amide bonds. The summed E-state index contributed by atoms with van der Waals surface area (Å²) in [5.41, 5.74) is 2.51. The molecule has 1 aromatic rings. The summed E-state index contributed by atoms with van der Waals surface area (Å²) < 4.78 is 5.47. The monoisotopic (exact) mass is 371 g/mol. The highest BCUT2D eigenvalue weighted by Gasteiger charge is 2.48. The van der Waals surface area contributed by atoms with E-state index in [4.69, 9.17) is 4.74 Å². The Hall–Kier alpha value is -1.59. The van der Waals surface area contributed by atoms with Crippen molar-refractivity contribution in [2.75, 3.05) is 50.8 Å². The summed E-state index contributed by atoms with van der Waals surface area (Å²) in [5, 5.41) is 0. The molecule has 3 aliphatic heterocycles. The van der Waals surface area contributed by atoms with Crippen LogP contribution in [0, 0.1) is 5.41 Å². The number of hydrogen-bond donors (Lipinski definition) is 0. The third-order valence-electron chi connectivity index (χ3n) is 6.52. The van der Waals surface area contributed by atoms with Crippen molar-refractivity contribution in [3.8, 4) is 0 Å². The number of morpholine rings is 1. The second-order valence-electron chi connectivity index (χ2n) is 8.71. The quantitative estimate of drug-likeness (QED) is 0.815. The van der Waals surface area contributed by atoms with Gasteiger partial charge in [-0.1, -0.05) is 12.1 Å². The first-order valence-electron chi connectivity index (χ1n) is 10.5. The first-order chi connectivity index (χ1) is 13.1. The molecule has 148 valence electrons. The number of piperidine rings is 1. The van der Waals surface area contributed by atoms with Gasteiger partial charge in [0.05, 0.1) is 18.6 Å². The zero-order valence-electron chi connectivity index (χ0n) is 16.8. The van der Waals surface area contributed by atoms with Gasteiger partial charge in [-0.2, -0.15) is 0 Å². The molecule has 1 atom stereocenters. The van der Waals surface area contributed by atoms with Crippen LogP contribution in [0.2, 0.25) is 0 Å². The minimum absolute atomic E-state index is 0.135. The van der Waals surface area contributed by atoms with E-state index in [1.54, 1.807) is 0 Å². The molecule has 3 aliphatic rings. The van der Waals surface area contributed by atoms with Gasteiger partial charge in [-0.25, -0.2) is 0 Å². The molecule has 3 fully saturated rings. The van der Waals surface area contributed by atoms with Crippen molar-refractivity contribution in [2.24, 2.45) is 5.41 Å². The molecular weight excluding hydrogens is 338 g/mol. The van der Waals surface area contributed by atoms with Gasteiger partial charge in [0.25, 0.3) is 0 Å². The molecule has 4 rings (SSSR count). The topological polar surface area (TPSA) is 36.0 Å². The molecule has 3 heterocycles. The lowest BCUT2D eigenvalue weighted by molar-refractivity contribution is -0.147. The summed E-state index contributed by atoms with van der Waals surface area (Å²) in [7, 11) is 0. The molecule has 0 unspecified atom stereocenters. The van der Waals surface area contributed by atoms with E-state index in [9.17, 15) is 4.79 Å². The van der Waals surface area contributed by atoms with Crippen LogP contribution in [0.15, 0.2) is 24.3 Å². The predicted octanol–water partition coefficient (Wildman–Crippen LogP) is 2.75. The van der Waals surface area contributed by atoms with Crippen LogP contribution in [-0.4, -0.2) is 67.7 Å². The van der Waals surface area contributed by atoms with Crippen LogP contribution in [0.25, 0.3) is 0 Å². The standard InChI is InChI=1S/C22H33N3O2/c1-18(2)25-9-4-7-22(21(25)26)8-10-23(17-22)16-19-5-3-6-20(15-19)24-11-13-27-14-12-24/h3,5-6,15,18H,4,7-14,16-17H2,1-2H3/t22-/m1/s1. The Kier molecular flexibility index (Phi) is 5.42. The molecule has 1 aromatic carbocycles. The SMILES string of the molecule is CC(C)N1CCC[C@]2(CCN(Cc3cccc(N4CCOCC4)c3)C2)C1=O. The number of anilines is 1. The molecule has 0 bridgehead atoms. The molecule has 5 nitrogen and oxygen atoms in total. The number of ether oxygens (including phenoxy) is 1. The maximum Gasteiger partial charge on any atom is 0.230 e. The number of amides is 1. The van der Waals surface area contributed by atoms with E-state index in [0.29, 0.717) is 11.9 Å². The average Bonchev–Trinajstić information content (AvgIpc) is 3.08. The van der Waals surface area contributed by atoms with Gasteiger partial charge < -0.3 is 14.5 Å². The highest BCUT2D eigenvalue weighted by molar-refractivity contribution is 5.84. The van der Waals surface area contributed by atoms with Crippen LogP contribution in [-0.2, 0) is 16.1 Å². The van der Waals surface area contributed by atoms with Gasteiger partial charge in [0, 0.05) is 44.5 Å². The predicted molar refractivity (Wildman–Crippen MR) is 108 cm³/mol. The van der Waals surface area contributed by atoms with Crippen LogP contribution in [0.5, 0.6) is 0 Å². The van der Waals surface area contributed by atoms with Crippen LogP contribution >= 0.6 is 0 Å². The molecule has 27 heavy (non-hydrogen) atoms. The Bertz CT molecular complexity index is 671. The summed E-state index contributed by atoms with van der Waals surface area (Å²) in [6.45, 7) is 11.7. The van der Waals surface area contributed by atoms with Crippen molar-refractivity contribution in [2.45, 2.75) is 45.7 Å². The molecule has 0 aliphatic carbocycles. The summed E-state index contributed by atoms with van der Waals surface area (Å²) >= 11 is 0. The van der Waals surface area contributed by atoms with Gasteiger partial charge in [0.15, 0.2) is 0 Å².